The number of aromatic amines is 1. The number of fused-ring (bicyclic) bond motifs is 1. The molecule has 0 aliphatic heterocycles. The third kappa shape index (κ3) is 1.65. The van der Waals surface area contributed by atoms with Gasteiger partial charge < -0.3 is 10.1 Å². The number of halogens is 2. The molecule has 4 nitrogen and oxygen atoms in total. The van der Waals surface area contributed by atoms with Gasteiger partial charge in [-0.25, -0.2) is 9.18 Å². The number of carboxylic acids is 1. The Morgan fingerprint density at radius 3 is 2.69 bits per heavy atom. The number of pyridine rings is 1. The smallest absolute Gasteiger partial charge is 0.336 e. The highest BCUT2D eigenvalue weighted by atomic mass is 35.5. The molecule has 0 aliphatic carbocycles. The van der Waals surface area contributed by atoms with Crippen LogP contribution >= 0.6 is 11.6 Å². The maximum Gasteiger partial charge on any atom is 0.336 e. The second-order valence-corrected chi connectivity index (χ2v) is 3.57. The van der Waals surface area contributed by atoms with E-state index in [1.165, 1.54) is 6.07 Å². The van der Waals surface area contributed by atoms with E-state index in [1.54, 1.807) is 0 Å². The zero-order valence-electron chi connectivity index (χ0n) is 7.75. The molecule has 1 heterocycles. The van der Waals surface area contributed by atoms with Gasteiger partial charge >= 0.3 is 5.97 Å². The summed E-state index contributed by atoms with van der Waals surface area (Å²) >= 11 is 5.54. The minimum absolute atomic E-state index is 0.104. The molecule has 0 saturated heterocycles. The van der Waals surface area contributed by atoms with Crippen LogP contribution in [0.5, 0.6) is 0 Å². The predicted molar refractivity (Wildman–Crippen MR) is 56.5 cm³/mol. The number of aromatic carboxylic acids is 1. The maximum atomic E-state index is 13.1. The van der Waals surface area contributed by atoms with E-state index in [0.717, 1.165) is 12.1 Å². The van der Waals surface area contributed by atoms with Gasteiger partial charge in [-0.1, -0.05) is 11.6 Å². The number of rotatable bonds is 1. The molecule has 16 heavy (non-hydrogen) atoms. The van der Waals surface area contributed by atoms with Gasteiger partial charge in [-0.2, -0.15) is 0 Å². The number of nitrogens with one attached hydrogen (secondary N) is 1. The molecule has 0 atom stereocenters. The summed E-state index contributed by atoms with van der Waals surface area (Å²) in [6.07, 6.45) is 0. The van der Waals surface area contributed by atoms with Crippen molar-refractivity contribution in [1.29, 1.82) is 0 Å². The summed E-state index contributed by atoms with van der Waals surface area (Å²) in [7, 11) is 0. The standard InChI is InChI=1S/C10H5ClFNO3/c11-6-1-4-5(10(15)16)2-9(14)13-8(4)3-7(6)12/h1-3H,(H,13,14)(H,15,16). The van der Waals surface area contributed by atoms with Gasteiger partial charge in [0.15, 0.2) is 0 Å². The molecule has 0 aliphatic rings. The molecule has 0 radical (unpaired) electrons. The van der Waals surface area contributed by atoms with Gasteiger partial charge in [-0.15, -0.1) is 0 Å². The zero-order valence-corrected chi connectivity index (χ0v) is 8.51. The normalized spacial score (nSPS) is 10.6. The fraction of sp³-hybridized carbons (Fsp3) is 0. The van der Waals surface area contributed by atoms with Gasteiger partial charge in [0, 0.05) is 11.5 Å². The van der Waals surface area contributed by atoms with Crippen LogP contribution in [0.4, 0.5) is 4.39 Å². The lowest BCUT2D eigenvalue weighted by molar-refractivity contribution is 0.0699. The van der Waals surface area contributed by atoms with Crippen molar-refractivity contribution in [3.63, 3.8) is 0 Å². The molecule has 0 spiro atoms. The van der Waals surface area contributed by atoms with Crippen LogP contribution in [-0.2, 0) is 0 Å². The van der Waals surface area contributed by atoms with Gasteiger partial charge in [0.05, 0.1) is 16.1 Å². The first kappa shape index (κ1) is 10.6. The SMILES string of the molecule is O=C(O)c1cc(=O)[nH]c2cc(F)c(Cl)cc12. The molecule has 0 unspecified atom stereocenters. The third-order valence-corrected chi connectivity index (χ3v) is 2.40. The summed E-state index contributed by atoms with van der Waals surface area (Å²) in [5.41, 5.74) is -0.709. The number of benzene rings is 1. The first-order valence-electron chi connectivity index (χ1n) is 4.24. The number of aromatic nitrogens is 1. The van der Waals surface area contributed by atoms with Crippen LogP contribution in [0.3, 0.4) is 0 Å². The van der Waals surface area contributed by atoms with Crippen LogP contribution in [0, 0.1) is 5.82 Å². The molecule has 2 N–H and O–H groups in total. The van der Waals surface area contributed by atoms with Crippen LogP contribution in [-0.4, -0.2) is 16.1 Å². The highest BCUT2D eigenvalue weighted by Gasteiger charge is 2.12. The molecule has 1 aromatic carbocycles. The second-order valence-electron chi connectivity index (χ2n) is 3.16. The van der Waals surface area contributed by atoms with Crippen LogP contribution in [0.15, 0.2) is 23.0 Å². The van der Waals surface area contributed by atoms with Crippen LogP contribution in [0.2, 0.25) is 5.02 Å². The number of H-pyrrole nitrogens is 1. The zero-order chi connectivity index (χ0) is 11.9. The van der Waals surface area contributed by atoms with Gasteiger partial charge in [0.1, 0.15) is 5.82 Å². The molecule has 0 fully saturated rings. The first-order valence-corrected chi connectivity index (χ1v) is 4.62. The van der Waals surface area contributed by atoms with Gasteiger partial charge in [-0.3, -0.25) is 4.79 Å². The molecule has 2 aromatic rings. The number of hydrogen-bond acceptors (Lipinski definition) is 2. The second kappa shape index (κ2) is 3.61. The molecule has 0 bridgehead atoms. The van der Waals surface area contributed by atoms with Crippen LogP contribution in [0.1, 0.15) is 10.4 Å². The monoisotopic (exact) mass is 241 g/mol. The minimum atomic E-state index is -1.27. The van der Waals surface area contributed by atoms with E-state index in [2.05, 4.69) is 4.98 Å². The summed E-state index contributed by atoms with van der Waals surface area (Å²) in [6, 6.07) is 3.09. The summed E-state index contributed by atoms with van der Waals surface area (Å²) in [6.45, 7) is 0. The highest BCUT2D eigenvalue weighted by molar-refractivity contribution is 6.31. The van der Waals surface area contributed by atoms with Gasteiger partial charge in [0.2, 0.25) is 5.56 Å². The van der Waals surface area contributed by atoms with E-state index in [4.69, 9.17) is 16.7 Å². The van der Waals surface area contributed by atoms with Crippen LogP contribution < -0.4 is 5.56 Å². The Bertz CT molecular complexity index is 650. The molecule has 1 aromatic heterocycles. The lowest BCUT2D eigenvalue weighted by atomic mass is 10.1. The topological polar surface area (TPSA) is 70.2 Å². The summed E-state index contributed by atoms with van der Waals surface area (Å²) in [5.74, 6) is -1.98. The predicted octanol–water partition coefficient (Wildman–Crippen LogP) is 2.02. The Morgan fingerprint density at radius 1 is 1.38 bits per heavy atom. The molecule has 82 valence electrons. The largest absolute Gasteiger partial charge is 0.478 e. The fourth-order valence-electron chi connectivity index (χ4n) is 1.43. The van der Waals surface area contributed by atoms with E-state index < -0.39 is 17.3 Å². The van der Waals surface area contributed by atoms with Crippen molar-refractivity contribution in [3.05, 3.63) is 45.0 Å². The first-order chi connectivity index (χ1) is 7.49. The Balaban J connectivity index is 2.96. The van der Waals surface area contributed by atoms with Crippen molar-refractivity contribution in [2.24, 2.45) is 0 Å². The van der Waals surface area contributed by atoms with Crippen molar-refractivity contribution in [3.8, 4) is 0 Å². The van der Waals surface area contributed by atoms with E-state index >= 15 is 0 Å². The van der Waals surface area contributed by atoms with Crippen molar-refractivity contribution in [1.82, 2.24) is 4.98 Å². The summed E-state index contributed by atoms with van der Waals surface area (Å²) in [5, 5.41) is 8.88. The third-order valence-electron chi connectivity index (χ3n) is 2.11. The quantitative estimate of drug-likeness (QED) is 0.802. The van der Waals surface area contributed by atoms with Crippen molar-refractivity contribution in [2.75, 3.05) is 0 Å². The summed E-state index contributed by atoms with van der Waals surface area (Å²) in [4.78, 5) is 24.3. The fourth-order valence-corrected chi connectivity index (χ4v) is 1.59. The number of carboxylic acid groups (broad SMARTS) is 1. The lowest BCUT2D eigenvalue weighted by Gasteiger charge is -2.03. The highest BCUT2D eigenvalue weighted by Crippen LogP contribution is 2.23. The summed E-state index contributed by atoms with van der Waals surface area (Å²) < 4.78 is 13.1. The van der Waals surface area contributed by atoms with E-state index in [0.29, 0.717) is 0 Å². The molecule has 0 amide bonds. The Hall–Kier alpha value is -1.88. The van der Waals surface area contributed by atoms with E-state index in [1.807, 2.05) is 0 Å². The molecular formula is C10H5ClFNO3. The van der Waals surface area contributed by atoms with E-state index in [-0.39, 0.29) is 21.5 Å². The van der Waals surface area contributed by atoms with Gasteiger partial charge in [0.25, 0.3) is 0 Å². The van der Waals surface area contributed by atoms with Crippen LogP contribution in [0.25, 0.3) is 10.9 Å². The number of hydrogen-bond donors (Lipinski definition) is 2. The maximum absolute atomic E-state index is 13.1. The Kier molecular flexibility index (Phi) is 2.40. The average Bonchev–Trinajstić information content (AvgIpc) is 2.19. The Labute approximate surface area is 93.3 Å². The molecule has 6 heteroatoms. The molecule has 2 rings (SSSR count). The average molecular weight is 242 g/mol. The lowest BCUT2D eigenvalue weighted by Crippen LogP contribution is -2.10. The minimum Gasteiger partial charge on any atom is -0.478 e. The van der Waals surface area contributed by atoms with E-state index in [9.17, 15) is 14.0 Å². The molecule has 0 saturated carbocycles. The Morgan fingerprint density at radius 2 is 2.06 bits per heavy atom. The molecular weight excluding hydrogens is 237 g/mol. The number of carbonyl (C=O) groups is 1. The van der Waals surface area contributed by atoms with Gasteiger partial charge in [-0.05, 0) is 12.1 Å². The van der Waals surface area contributed by atoms with Crippen molar-refractivity contribution >= 4 is 28.5 Å². The van der Waals surface area contributed by atoms with Crippen molar-refractivity contribution in [2.45, 2.75) is 0 Å². The van der Waals surface area contributed by atoms with Crippen molar-refractivity contribution < 1.29 is 14.3 Å².